The molecular formula is C16H32N2. The van der Waals surface area contributed by atoms with Crippen LogP contribution in [0.3, 0.4) is 0 Å². The molecule has 0 bridgehead atoms. The van der Waals surface area contributed by atoms with Crippen molar-refractivity contribution in [2.45, 2.75) is 64.8 Å². The maximum Gasteiger partial charge on any atom is 0.00953 e. The Labute approximate surface area is 114 Å². The molecule has 1 aliphatic heterocycles. The Hall–Kier alpha value is -0.0800. The first-order valence-electron chi connectivity index (χ1n) is 8.20. The van der Waals surface area contributed by atoms with Gasteiger partial charge in [-0.05, 0) is 63.6 Å². The molecule has 1 heterocycles. The zero-order valence-corrected chi connectivity index (χ0v) is 12.5. The molecule has 0 radical (unpaired) electrons. The van der Waals surface area contributed by atoms with Crippen LogP contribution in [-0.4, -0.2) is 37.1 Å². The quantitative estimate of drug-likeness (QED) is 0.780. The average Bonchev–Trinajstić information content (AvgIpc) is 2.89. The molecular weight excluding hydrogens is 220 g/mol. The van der Waals surface area contributed by atoms with Crippen LogP contribution < -0.4 is 5.32 Å². The monoisotopic (exact) mass is 252 g/mol. The van der Waals surface area contributed by atoms with Crippen LogP contribution in [0.1, 0.15) is 58.8 Å². The molecule has 0 aromatic carbocycles. The van der Waals surface area contributed by atoms with Gasteiger partial charge in [-0.15, -0.1) is 0 Å². The second kappa shape index (κ2) is 7.49. The van der Waals surface area contributed by atoms with Gasteiger partial charge in [-0.2, -0.15) is 0 Å². The Morgan fingerprint density at radius 3 is 2.33 bits per heavy atom. The van der Waals surface area contributed by atoms with Crippen LogP contribution >= 0.6 is 0 Å². The Morgan fingerprint density at radius 2 is 1.72 bits per heavy atom. The third-order valence-corrected chi connectivity index (χ3v) is 4.79. The third-order valence-electron chi connectivity index (χ3n) is 4.79. The van der Waals surface area contributed by atoms with Crippen molar-refractivity contribution in [3.63, 3.8) is 0 Å². The molecule has 0 amide bonds. The van der Waals surface area contributed by atoms with E-state index in [9.17, 15) is 0 Å². The van der Waals surface area contributed by atoms with Crippen molar-refractivity contribution >= 4 is 0 Å². The van der Waals surface area contributed by atoms with Gasteiger partial charge in [0.15, 0.2) is 0 Å². The molecule has 0 unspecified atom stereocenters. The van der Waals surface area contributed by atoms with E-state index in [1.807, 2.05) is 0 Å². The van der Waals surface area contributed by atoms with Crippen LogP contribution in [0.5, 0.6) is 0 Å². The fraction of sp³-hybridized carbons (Fsp3) is 1.00. The fourth-order valence-corrected chi connectivity index (χ4v) is 3.51. The molecule has 2 fully saturated rings. The molecule has 106 valence electrons. The van der Waals surface area contributed by atoms with E-state index in [1.165, 1.54) is 71.1 Å². The van der Waals surface area contributed by atoms with Gasteiger partial charge in [0.05, 0.1) is 0 Å². The van der Waals surface area contributed by atoms with E-state index in [1.54, 1.807) is 0 Å². The summed E-state index contributed by atoms with van der Waals surface area (Å²) in [6.07, 6.45) is 10.0. The molecule has 1 N–H and O–H groups in total. The zero-order valence-electron chi connectivity index (χ0n) is 12.5. The van der Waals surface area contributed by atoms with Crippen LogP contribution in [-0.2, 0) is 0 Å². The van der Waals surface area contributed by atoms with Crippen LogP contribution in [0.25, 0.3) is 0 Å². The number of piperidine rings is 1. The largest absolute Gasteiger partial charge is 0.317 e. The van der Waals surface area contributed by atoms with E-state index < -0.39 is 0 Å². The molecule has 0 aromatic rings. The number of hydrogen-bond acceptors (Lipinski definition) is 2. The lowest BCUT2D eigenvalue weighted by molar-refractivity contribution is 0.146. The van der Waals surface area contributed by atoms with Crippen molar-refractivity contribution in [2.75, 3.05) is 26.2 Å². The predicted molar refractivity (Wildman–Crippen MR) is 78.9 cm³/mol. The van der Waals surface area contributed by atoms with Crippen molar-refractivity contribution in [3.05, 3.63) is 0 Å². The van der Waals surface area contributed by atoms with Gasteiger partial charge < -0.3 is 10.2 Å². The molecule has 1 saturated heterocycles. The van der Waals surface area contributed by atoms with Crippen LogP contribution in [0.2, 0.25) is 0 Å². The molecule has 0 spiro atoms. The van der Waals surface area contributed by atoms with Crippen molar-refractivity contribution in [2.24, 2.45) is 11.8 Å². The van der Waals surface area contributed by atoms with Gasteiger partial charge in [0.2, 0.25) is 0 Å². The summed E-state index contributed by atoms with van der Waals surface area (Å²) < 4.78 is 0. The third kappa shape index (κ3) is 4.55. The van der Waals surface area contributed by atoms with Crippen LogP contribution in [0.4, 0.5) is 0 Å². The first-order valence-corrected chi connectivity index (χ1v) is 8.20. The summed E-state index contributed by atoms with van der Waals surface area (Å²) in [7, 11) is 0. The maximum absolute atomic E-state index is 3.49. The molecule has 0 atom stereocenters. The minimum Gasteiger partial charge on any atom is -0.317 e. The van der Waals surface area contributed by atoms with Crippen LogP contribution in [0.15, 0.2) is 0 Å². The number of rotatable bonds is 6. The minimum atomic E-state index is 0.849. The van der Waals surface area contributed by atoms with E-state index in [0.29, 0.717) is 0 Å². The lowest BCUT2D eigenvalue weighted by Crippen LogP contribution is -2.41. The molecule has 1 saturated carbocycles. The van der Waals surface area contributed by atoms with Crippen molar-refractivity contribution in [1.82, 2.24) is 10.2 Å². The molecule has 2 rings (SSSR count). The lowest BCUT2D eigenvalue weighted by Gasteiger charge is -2.34. The van der Waals surface area contributed by atoms with E-state index in [2.05, 4.69) is 24.1 Å². The second-order valence-corrected chi connectivity index (χ2v) is 6.81. The van der Waals surface area contributed by atoms with Gasteiger partial charge in [0, 0.05) is 12.6 Å². The smallest absolute Gasteiger partial charge is 0.00953 e. The van der Waals surface area contributed by atoms with E-state index in [4.69, 9.17) is 0 Å². The molecule has 2 aliphatic rings. The summed E-state index contributed by atoms with van der Waals surface area (Å²) in [4.78, 5) is 2.85. The van der Waals surface area contributed by atoms with Gasteiger partial charge in [-0.3, -0.25) is 0 Å². The number of nitrogens with one attached hydrogen (secondary N) is 1. The van der Waals surface area contributed by atoms with Gasteiger partial charge in [-0.1, -0.05) is 26.7 Å². The summed E-state index contributed by atoms with van der Waals surface area (Å²) in [5, 5.41) is 3.49. The molecule has 1 aliphatic carbocycles. The Morgan fingerprint density at radius 1 is 1.06 bits per heavy atom. The lowest BCUT2D eigenvalue weighted by atomic mass is 9.96. The van der Waals surface area contributed by atoms with Gasteiger partial charge >= 0.3 is 0 Å². The Kier molecular flexibility index (Phi) is 5.97. The number of nitrogens with zero attached hydrogens (tertiary/aromatic N) is 1. The summed E-state index contributed by atoms with van der Waals surface area (Å²) in [6, 6.07) is 0.915. The Bertz CT molecular complexity index is 215. The van der Waals surface area contributed by atoms with Crippen LogP contribution in [0, 0.1) is 11.8 Å². The first kappa shape index (κ1) is 14.3. The van der Waals surface area contributed by atoms with Gasteiger partial charge in [0.25, 0.3) is 0 Å². The van der Waals surface area contributed by atoms with Crippen molar-refractivity contribution < 1.29 is 0 Å². The highest BCUT2D eigenvalue weighted by Crippen LogP contribution is 2.26. The topological polar surface area (TPSA) is 15.3 Å². The summed E-state index contributed by atoms with van der Waals surface area (Å²) in [5.41, 5.74) is 0. The van der Waals surface area contributed by atoms with E-state index >= 15 is 0 Å². The summed E-state index contributed by atoms with van der Waals surface area (Å²) in [5.74, 6) is 1.81. The fourth-order valence-electron chi connectivity index (χ4n) is 3.51. The average molecular weight is 252 g/mol. The molecule has 18 heavy (non-hydrogen) atoms. The first-order chi connectivity index (χ1) is 8.75. The van der Waals surface area contributed by atoms with E-state index in [-0.39, 0.29) is 0 Å². The summed E-state index contributed by atoms with van der Waals surface area (Å²) in [6.45, 7) is 9.92. The van der Waals surface area contributed by atoms with Crippen molar-refractivity contribution in [1.29, 1.82) is 0 Å². The zero-order chi connectivity index (χ0) is 12.8. The summed E-state index contributed by atoms with van der Waals surface area (Å²) >= 11 is 0. The standard InChI is InChI=1S/C16H32N2/c1-14(2)9-12-18(16-5-3-4-6-16)13-15-7-10-17-11-8-15/h14-17H,3-13H2,1-2H3. The SMILES string of the molecule is CC(C)CCN(CC1CCNCC1)C1CCCC1. The van der Waals surface area contributed by atoms with E-state index in [0.717, 1.165) is 17.9 Å². The highest BCUT2D eigenvalue weighted by Gasteiger charge is 2.25. The molecule has 2 nitrogen and oxygen atoms in total. The molecule has 2 heteroatoms. The molecule has 0 aromatic heterocycles. The maximum atomic E-state index is 3.49. The normalized spacial score (nSPS) is 23.3. The van der Waals surface area contributed by atoms with Gasteiger partial charge in [0.1, 0.15) is 0 Å². The second-order valence-electron chi connectivity index (χ2n) is 6.81. The van der Waals surface area contributed by atoms with Gasteiger partial charge in [-0.25, -0.2) is 0 Å². The predicted octanol–water partition coefficient (Wildman–Crippen LogP) is 3.28. The highest BCUT2D eigenvalue weighted by molar-refractivity contribution is 4.81. The Balaban J connectivity index is 1.81. The minimum absolute atomic E-state index is 0.849. The highest BCUT2D eigenvalue weighted by atomic mass is 15.2. The number of hydrogen-bond donors (Lipinski definition) is 1. The van der Waals surface area contributed by atoms with Crippen molar-refractivity contribution in [3.8, 4) is 0 Å².